The molecule has 2 aliphatic carbocycles. The number of hydrogen-bond donors (Lipinski definition) is 2. The molecule has 1 saturated heterocycles. The molecule has 32 heavy (non-hydrogen) atoms. The Morgan fingerprint density at radius 2 is 1.62 bits per heavy atom. The second kappa shape index (κ2) is 8.67. The lowest BCUT2D eigenvalue weighted by Gasteiger charge is -2.34. The number of aryl methyl sites for hydroxylation is 2. The zero-order valence-electron chi connectivity index (χ0n) is 17.8. The van der Waals surface area contributed by atoms with Gasteiger partial charge in [-0.15, -0.1) is 0 Å². The van der Waals surface area contributed by atoms with Crippen LogP contribution >= 0.6 is 0 Å². The van der Waals surface area contributed by atoms with E-state index in [4.69, 9.17) is 4.74 Å². The fourth-order valence-corrected chi connectivity index (χ4v) is 6.50. The van der Waals surface area contributed by atoms with Crippen LogP contribution in [0.1, 0.15) is 47.9 Å². The highest BCUT2D eigenvalue weighted by atomic mass is 32.2. The van der Waals surface area contributed by atoms with E-state index < -0.39 is 16.2 Å². The monoisotopic (exact) mass is 457 g/mol. The highest BCUT2D eigenvalue weighted by molar-refractivity contribution is 7.91. The normalized spacial score (nSPS) is 18.1. The molecule has 0 unspecified atom stereocenters. The van der Waals surface area contributed by atoms with Crippen molar-refractivity contribution in [3.8, 4) is 0 Å². The van der Waals surface area contributed by atoms with Gasteiger partial charge in [0.25, 0.3) is 0 Å². The van der Waals surface area contributed by atoms with Crippen LogP contribution in [0, 0.1) is 0 Å². The van der Waals surface area contributed by atoms with Crippen molar-refractivity contribution in [3.63, 3.8) is 0 Å². The molecule has 0 radical (unpaired) electrons. The van der Waals surface area contributed by atoms with Gasteiger partial charge in [-0.1, -0.05) is 6.07 Å². The second-order valence-electron chi connectivity index (χ2n) is 8.53. The van der Waals surface area contributed by atoms with Crippen molar-refractivity contribution < 1.29 is 17.9 Å². The van der Waals surface area contributed by atoms with Gasteiger partial charge in [0.05, 0.1) is 24.1 Å². The number of nitrogens with zero attached hydrogens (tertiary/aromatic N) is 3. The summed E-state index contributed by atoms with van der Waals surface area (Å²) >= 11 is 0. The third kappa shape index (κ3) is 4.04. The first-order chi connectivity index (χ1) is 15.5. The minimum atomic E-state index is -4.19. The summed E-state index contributed by atoms with van der Waals surface area (Å²) in [5.41, 5.74) is 5.97. The van der Waals surface area contributed by atoms with Crippen LogP contribution in [0.15, 0.2) is 24.8 Å². The minimum Gasteiger partial charge on any atom is -0.381 e. The molecule has 2 amide bonds. The average Bonchev–Trinajstić information content (AvgIpc) is 3.44. The molecule has 1 fully saturated rings. The summed E-state index contributed by atoms with van der Waals surface area (Å²) in [7, 11) is -4.19. The molecule has 170 valence electrons. The van der Waals surface area contributed by atoms with Gasteiger partial charge >= 0.3 is 16.2 Å². The van der Waals surface area contributed by atoms with E-state index in [2.05, 4.69) is 26.1 Å². The quantitative estimate of drug-likeness (QED) is 0.713. The molecule has 1 aromatic carbocycles. The lowest BCUT2D eigenvalue weighted by atomic mass is 9.99. The maximum Gasteiger partial charge on any atom is 0.334 e. The molecule has 3 aliphatic rings. The molecule has 5 rings (SSSR count). The number of carbonyl (C=O) groups is 1. The van der Waals surface area contributed by atoms with Gasteiger partial charge in [-0.05, 0) is 73.6 Å². The molecular weight excluding hydrogens is 430 g/mol. The molecule has 2 N–H and O–H groups in total. The fraction of sp³-hybridized carbons (Fsp3) is 0.500. The van der Waals surface area contributed by atoms with E-state index in [1.165, 1.54) is 34.2 Å². The Morgan fingerprint density at radius 3 is 2.25 bits per heavy atom. The Bertz CT molecular complexity index is 1080. The molecule has 1 aliphatic heterocycles. The molecule has 10 heteroatoms. The number of urea groups is 1. The zero-order valence-corrected chi connectivity index (χ0v) is 18.7. The largest absolute Gasteiger partial charge is 0.381 e. The number of hydrogen-bond acceptors (Lipinski definition) is 6. The molecule has 2 heterocycles. The van der Waals surface area contributed by atoms with Gasteiger partial charge in [-0.3, -0.25) is 0 Å². The van der Waals surface area contributed by atoms with Crippen LogP contribution in [0.25, 0.3) is 0 Å². The summed E-state index contributed by atoms with van der Waals surface area (Å²) in [6.45, 7) is 0.914. The fourth-order valence-electron chi connectivity index (χ4n) is 5.14. The van der Waals surface area contributed by atoms with E-state index in [0.717, 1.165) is 55.3 Å². The van der Waals surface area contributed by atoms with Crippen LogP contribution in [-0.2, 0) is 40.6 Å². The van der Waals surface area contributed by atoms with Crippen molar-refractivity contribution in [1.82, 2.24) is 14.7 Å². The number of aromatic nitrogens is 2. The molecule has 1 aromatic heterocycles. The van der Waals surface area contributed by atoms with Crippen molar-refractivity contribution in [3.05, 3.63) is 47.0 Å². The summed E-state index contributed by atoms with van der Waals surface area (Å²) in [6, 6.07) is 1.19. The number of amides is 2. The summed E-state index contributed by atoms with van der Waals surface area (Å²) in [6.07, 6.45) is 11.2. The highest BCUT2D eigenvalue weighted by Crippen LogP contribution is 2.38. The predicted octanol–water partition coefficient (Wildman–Crippen LogP) is 2.51. The lowest BCUT2D eigenvalue weighted by molar-refractivity contribution is 0.0875. The summed E-state index contributed by atoms with van der Waals surface area (Å²) in [5.74, 6) is 0. The highest BCUT2D eigenvalue weighted by Gasteiger charge is 2.34. The second-order valence-corrected chi connectivity index (χ2v) is 10.1. The third-order valence-electron chi connectivity index (χ3n) is 6.52. The Morgan fingerprint density at radius 1 is 1.00 bits per heavy atom. The van der Waals surface area contributed by atoms with Gasteiger partial charge in [0, 0.05) is 18.9 Å². The summed E-state index contributed by atoms with van der Waals surface area (Å²) < 4.78 is 35.6. The number of ether oxygens (including phenoxy) is 1. The van der Waals surface area contributed by atoms with E-state index in [0.29, 0.717) is 31.7 Å². The van der Waals surface area contributed by atoms with E-state index in [-0.39, 0.29) is 6.04 Å². The molecule has 0 spiro atoms. The summed E-state index contributed by atoms with van der Waals surface area (Å²) in [4.78, 5) is 20.9. The maximum atomic E-state index is 13.4. The van der Waals surface area contributed by atoms with Crippen molar-refractivity contribution in [2.45, 2.75) is 57.4 Å². The van der Waals surface area contributed by atoms with Crippen LogP contribution in [-0.4, -0.2) is 43.7 Å². The van der Waals surface area contributed by atoms with Gasteiger partial charge < -0.3 is 10.1 Å². The summed E-state index contributed by atoms with van der Waals surface area (Å²) in [5, 5.41) is 2.90. The predicted molar refractivity (Wildman–Crippen MR) is 120 cm³/mol. The Hall–Kier alpha value is -2.72. The van der Waals surface area contributed by atoms with Crippen molar-refractivity contribution in [1.29, 1.82) is 0 Å². The van der Waals surface area contributed by atoms with E-state index in [9.17, 15) is 13.2 Å². The number of rotatable bonds is 5. The molecule has 2 aromatic rings. The van der Waals surface area contributed by atoms with Crippen LogP contribution in [0.5, 0.6) is 0 Å². The Balaban J connectivity index is 1.41. The van der Waals surface area contributed by atoms with Crippen molar-refractivity contribution in [2.75, 3.05) is 22.8 Å². The van der Waals surface area contributed by atoms with E-state index >= 15 is 0 Å². The smallest absolute Gasteiger partial charge is 0.334 e. The van der Waals surface area contributed by atoms with Gasteiger partial charge in [-0.2, -0.15) is 8.42 Å². The number of carbonyl (C=O) groups excluding carboxylic acids is 1. The first kappa shape index (κ1) is 21.1. The Kier molecular flexibility index (Phi) is 5.73. The van der Waals surface area contributed by atoms with Gasteiger partial charge in [0.15, 0.2) is 0 Å². The van der Waals surface area contributed by atoms with Crippen molar-refractivity contribution >= 4 is 27.6 Å². The number of benzene rings is 1. The maximum absolute atomic E-state index is 13.4. The van der Waals surface area contributed by atoms with Crippen molar-refractivity contribution in [2.24, 2.45) is 0 Å². The lowest BCUT2D eigenvalue weighted by Crippen LogP contribution is -2.51. The SMILES string of the molecule is O=C(Nc1c2c(cc3c1CCC3)CCC2)NS(=O)(=O)N(c1cncnc1)C1CCOCC1. The van der Waals surface area contributed by atoms with E-state index in [1.54, 1.807) is 0 Å². The Labute approximate surface area is 187 Å². The van der Waals surface area contributed by atoms with Gasteiger partial charge in [0.1, 0.15) is 6.33 Å². The standard InChI is InChI=1S/C22H27N5O4S/c28-22(25-21-19-5-1-3-15(19)11-16-4-2-6-20(16)21)26-32(29,30)27(17-7-9-31-10-8-17)18-12-23-14-24-13-18/h11-14,17H,1-10H2,(H2,25,26,28). The number of fused-ring (bicyclic) bond motifs is 2. The number of anilines is 2. The molecule has 0 atom stereocenters. The topological polar surface area (TPSA) is 114 Å². The molecule has 0 bridgehead atoms. The molecule has 0 saturated carbocycles. The van der Waals surface area contributed by atoms with Gasteiger partial charge in [0.2, 0.25) is 0 Å². The minimum absolute atomic E-state index is 0.321. The third-order valence-corrected chi connectivity index (χ3v) is 7.99. The van der Waals surface area contributed by atoms with Crippen LogP contribution in [0.4, 0.5) is 16.2 Å². The molecular formula is C22H27N5O4S. The molecule has 9 nitrogen and oxygen atoms in total. The van der Waals surface area contributed by atoms with Gasteiger partial charge in [-0.25, -0.2) is 23.8 Å². The van der Waals surface area contributed by atoms with Crippen LogP contribution in [0.3, 0.4) is 0 Å². The van der Waals surface area contributed by atoms with Crippen LogP contribution < -0.4 is 14.3 Å². The zero-order chi connectivity index (χ0) is 22.1. The average molecular weight is 458 g/mol. The first-order valence-corrected chi connectivity index (χ1v) is 12.6. The number of nitrogens with one attached hydrogen (secondary N) is 2. The van der Waals surface area contributed by atoms with Crippen LogP contribution in [0.2, 0.25) is 0 Å². The first-order valence-electron chi connectivity index (χ1n) is 11.2. The van der Waals surface area contributed by atoms with E-state index in [1.807, 2.05) is 0 Å².